The van der Waals surface area contributed by atoms with Crippen LogP contribution in [-0.4, -0.2) is 69.6 Å². The molecule has 3 aliphatic rings. The molecule has 2 aromatic heterocycles. The Kier molecular flexibility index (Phi) is 6.17. The first kappa shape index (κ1) is 24.5. The molecular formula is C28H37N5O3. The van der Waals surface area contributed by atoms with E-state index in [1.807, 2.05) is 23.1 Å². The van der Waals surface area contributed by atoms with Gasteiger partial charge in [0, 0.05) is 43.8 Å². The van der Waals surface area contributed by atoms with Crippen LogP contribution in [0.3, 0.4) is 0 Å². The van der Waals surface area contributed by atoms with Crippen LogP contribution < -0.4 is 9.80 Å². The molecular weight excluding hydrogens is 454 g/mol. The number of fused-ring (bicyclic) bond motifs is 1. The van der Waals surface area contributed by atoms with Gasteiger partial charge in [-0.05, 0) is 50.5 Å². The average molecular weight is 492 g/mol. The number of hydrogen-bond donors (Lipinski definition) is 1. The van der Waals surface area contributed by atoms with Crippen molar-refractivity contribution in [3.8, 4) is 0 Å². The van der Waals surface area contributed by atoms with Crippen molar-refractivity contribution < 1.29 is 14.7 Å². The van der Waals surface area contributed by atoms with Gasteiger partial charge in [-0.2, -0.15) is 0 Å². The smallest absolute Gasteiger partial charge is 0.307 e. The molecule has 1 N–H and O–H groups in total. The summed E-state index contributed by atoms with van der Waals surface area (Å²) in [5.74, 6) is -0.0938. The summed E-state index contributed by atoms with van der Waals surface area (Å²) < 4.78 is 0. The summed E-state index contributed by atoms with van der Waals surface area (Å²) in [4.78, 5) is 40.7. The monoisotopic (exact) mass is 491 g/mol. The Bertz CT molecular complexity index is 1150. The van der Waals surface area contributed by atoms with Crippen LogP contribution in [0.2, 0.25) is 0 Å². The molecule has 2 aromatic rings. The van der Waals surface area contributed by atoms with E-state index in [-0.39, 0.29) is 17.7 Å². The van der Waals surface area contributed by atoms with E-state index in [1.54, 1.807) is 6.20 Å². The second-order valence-corrected chi connectivity index (χ2v) is 11.8. The molecule has 0 unspecified atom stereocenters. The highest BCUT2D eigenvalue weighted by Gasteiger charge is 2.42. The zero-order chi connectivity index (χ0) is 25.7. The predicted octanol–water partition coefficient (Wildman–Crippen LogP) is 3.88. The van der Waals surface area contributed by atoms with Gasteiger partial charge in [0.1, 0.15) is 11.5 Å². The van der Waals surface area contributed by atoms with Gasteiger partial charge in [0.05, 0.1) is 23.3 Å². The van der Waals surface area contributed by atoms with Gasteiger partial charge in [0.25, 0.3) is 5.91 Å². The Morgan fingerprint density at radius 1 is 1.03 bits per heavy atom. The quantitative estimate of drug-likeness (QED) is 0.679. The van der Waals surface area contributed by atoms with E-state index in [0.717, 1.165) is 18.1 Å². The molecule has 2 aliphatic heterocycles. The number of hydrogen-bond acceptors (Lipinski definition) is 6. The fraction of sp³-hybridized carbons (Fsp3) is 0.571. The zero-order valence-corrected chi connectivity index (χ0v) is 21.8. The van der Waals surface area contributed by atoms with E-state index in [4.69, 9.17) is 10.1 Å². The van der Waals surface area contributed by atoms with Crippen LogP contribution >= 0.6 is 0 Å². The van der Waals surface area contributed by atoms with Gasteiger partial charge >= 0.3 is 5.97 Å². The molecule has 5 rings (SSSR count). The normalized spacial score (nSPS) is 21.1. The molecule has 8 nitrogen and oxygen atoms in total. The minimum Gasteiger partial charge on any atom is -0.481 e. The van der Waals surface area contributed by atoms with Crippen molar-refractivity contribution in [1.29, 1.82) is 0 Å². The lowest BCUT2D eigenvalue weighted by atomic mass is 9.91. The lowest BCUT2D eigenvalue weighted by Gasteiger charge is -2.47. The average Bonchev–Trinajstić information content (AvgIpc) is 3.44. The molecule has 0 aromatic carbocycles. The summed E-state index contributed by atoms with van der Waals surface area (Å²) in [7, 11) is 0. The van der Waals surface area contributed by atoms with Crippen molar-refractivity contribution >= 4 is 23.4 Å². The maximum atomic E-state index is 13.7. The number of piperazine rings is 1. The molecule has 8 heteroatoms. The molecule has 1 amide bonds. The first-order chi connectivity index (χ1) is 17.0. The highest BCUT2D eigenvalue weighted by Crippen LogP contribution is 2.43. The number of anilines is 2. The molecule has 1 saturated heterocycles. The first-order valence-electron chi connectivity index (χ1n) is 13.1. The van der Waals surface area contributed by atoms with Gasteiger partial charge < -0.3 is 19.8 Å². The topological polar surface area (TPSA) is 89.9 Å². The fourth-order valence-corrected chi connectivity index (χ4v) is 6.18. The third-order valence-corrected chi connectivity index (χ3v) is 8.01. The number of aromatic nitrogens is 2. The summed E-state index contributed by atoms with van der Waals surface area (Å²) in [5.41, 5.74) is 2.94. The molecule has 0 atom stereocenters. The van der Waals surface area contributed by atoms with Crippen LogP contribution in [0, 0.1) is 0 Å². The lowest BCUT2D eigenvalue weighted by molar-refractivity contribution is -0.136. The number of carbonyl (C=O) groups is 2. The van der Waals surface area contributed by atoms with E-state index < -0.39 is 11.5 Å². The number of carboxylic acid groups (broad SMARTS) is 1. The molecule has 1 aliphatic carbocycles. The van der Waals surface area contributed by atoms with Crippen molar-refractivity contribution in [3.63, 3.8) is 0 Å². The van der Waals surface area contributed by atoms with E-state index in [2.05, 4.69) is 48.5 Å². The van der Waals surface area contributed by atoms with Crippen LogP contribution in [0.4, 0.5) is 11.5 Å². The highest BCUT2D eigenvalue weighted by molar-refractivity contribution is 5.93. The van der Waals surface area contributed by atoms with Crippen molar-refractivity contribution in [2.75, 3.05) is 36.0 Å². The first-order valence-corrected chi connectivity index (χ1v) is 13.1. The Balaban J connectivity index is 1.32. The van der Waals surface area contributed by atoms with Crippen LogP contribution in [0.25, 0.3) is 0 Å². The molecule has 2 fully saturated rings. The number of amides is 1. The van der Waals surface area contributed by atoms with Crippen LogP contribution in [0.5, 0.6) is 0 Å². The van der Waals surface area contributed by atoms with Gasteiger partial charge in [-0.15, -0.1) is 0 Å². The van der Waals surface area contributed by atoms with Crippen molar-refractivity contribution in [3.05, 3.63) is 47.4 Å². The second-order valence-electron chi connectivity index (χ2n) is 11.8. The molecule has 36 heavy (non-hydrogen) atoms. The Morgan fingerprint density at radius 3 is 2.42 bits per heavy atom. The fourth-order valence-electron chi connectivity index (χ4n) is 6.18. The second kappa shape index (κ2) is 9.05. The van der Waals surface area contributed by atoms with Gasteiger partial charge in [-0.1, -0.05) is 32.8 Å². The molecule has 4 heterocycles. The van der Waals surface area contributed by atoms with E-state index in [1.165, 1.54) is 31.4 Å². The summed E-state index contributed by atoms with van der Waals surface area (Å²) >= 11 is 0. The molecule has 1 saturated carbocycles. The van der Waals surface area contributed by atoms with E-state index in [9.17, 15) is 9.59 Å². The SMILES string of the molecule is CC1(C)CN(C2CCCC2)c2ccc(C(=O)N3CCN(c4ccc(CC(=O)O)cn4)CC3(C)C)nc21. The Hall–Kier alpha value is -3.16. The van der Waals surface area contributed by atoms with Crippen LogP contribution in [0.1, 0.15) is 75.1 Å². The standard InChI is InChI=1S/C28H37N5O3/c1-27(2)17-32(20-7-5-6-8-20)22-11-10-21(30-25(22)27)26(36)33-14-13-31(18-28(33,3)4)23-12-9-19(16-29-23)15-24(34)35/h9-12,16,20H,5-8,13-15,17-18H2,1-4H3,(H,34,35). The van der Waals surface area contributed by atoms with Crippen LogP contribution in [-0.2, 0) is 16.6 Å². The molecule has 0 radical (unpaired) electrons. The van der Waals surface area contributed by atoms with Crippen molar-refractivity contribution in [2.24, 2.45) is 0 Å². The van der Waals surface area contributed by atoms with E-state index in [0.29, 0.717) is 36.9 Å². The maximum Gasteiger partial charge on any atom is 0.307 e. The van der Waals surface area contributed by atoms with Gasteiger partial charge in [0.15, 0.2) is 0 Å². The maximum absolute atomic E-state index is 13.7. The van der Waals surface area contributed by atoms with E-state index >= 15 is 0 Å². The highest BCUT2D eigenvalue weighted by atomic mass is 16.4. The van der Waals surface area contributed by atoms with Crippen molar-refractivity contribution in [1.82, 2.24) is 14.9 Å². The van der Waals surface area contributed by atoms with Crippen molar-refractivity contribution in [2.45, 2.75) is 76.8 Å². The van der Waals surface area contributed by atoms with Gasteiger partial charge in [-0.25, -0.2) is 9.97 Å². The number of nitrogens with zero attached hydrogens (tertiary/aromatic N) is 5. The molecule has 0 spiro atoms. The largest absolute Gasteiger partial charge is 0.481 e. The Labute approximate surface area is 213 Å². The number of rotatable bonds is 5. The number of carbonyl (C=O) groups excluding carboxylic acids is 1. The van der Waals surface area contributed by atoms with Gasteiger partial charge in [0.2, 0.25) is 0 Å². The summed E-state index contributed by atoms with van der Waals surface area (Å²) in [6.45, 7) is 11.5. The Morgan fingerprint density at radius 2 is 1.78 bits per heavy atom. The summed E-state index contributed by atoms with van der Waals surface area (Å²) in [6, 6.07) is 8.30. The van der Waals surface area contributed by atoms with Crippen LogP contribution in [0.15, 0.2) is 30.5 Å². The minimum absolute atomic E-state index is 0.0256. The molecule has 0 bridgehead atoms. The molecule has 192 valence electrons. The number of carboxylic acids is 1. The van der Waals surface area contributed by atoms with Gasteiger partial charge in [-0.3, -0.25) is 9.59 Å². The number of aliphatic carboxylic acids is 1. The summed E-state index contributed by atoms with van der Waals surface area (Å²) in [5, 5.41) is 8.99. The lowest BCUT2D eigenvalue weighted by Crippen LogP contribution is -2.61. The third-order valence-electron chi connectivity index (χ3n) is 8.01. The predicted molar refractivity (Wildman–Crippen MR) is 140 cm³/mol. The third kappa shape index (κ3) is 4.53. The summed E-state index contributed by atoms with van der Waals surface area (Å²) in [6.07, 6.45) is 6.66. The minimum atomic E-state index is -0.868. The number of pyridine rings is 2. The zero-order valence-electron chi connectivity index (χ0n) is 21.8.